The Labute approximate surface area is 115 Å². The van der Waals surface area contributed by atoms with Gasteiger partial charge in [0.25, 0.3) is 0 Å². The Kier molecular flexibility index (Phi) is 6.44. The molecule has 0 aliphatic rings. The van der Waals surface area contributed by atoms with Crippen LogP contribution in [0.4, 0.5) is 0 Å². The second-order valence-corrected chi connectivity index (χ2v) is 6.64. The molecule has 0 amide bonds. The molecular formula is C13H22N2O3S. The molecule has 0 saturated carbocycles. The summed E-state index contributed by atoms with van der Waals surface area (Å²) in [5.74, 6) is 0.105. The van der Waals surface area contributed by atoms with Crippen LogP contribution in [0.25, 0.3) is 0 Å². The van der Waals surface area contributed by atoms with Crippen molar-refractivity contribution in [2.45, 2.75) is 19.5 Å². The highest BCUT2D eigenvalue weighted by Crippen LogP contribution is 2.10. The minimum absolute atomic E-state index is 0.105. The lowest BCUT2D eigenvalue weighted by molar-refractivity contribution is 0.199. The van der Waals surface area contributed by atoms with Crippen molar-refractivity contribution in [2.75, 3.05) is 26.5 Å². The van der Waals surface area contributed by atoms with Gasteiger partial charge < -0.3 is 10.5 Å². The van der Waals surface area contributed by atoms with Crippen molar-refractivity contribution in [1.29, 1.82) is 0 Å². The third kappa shape index (κ3) is 5.28. The maximum absolute atomic E-state index is 12.0. The van der Waals surface area contributed by atoms with Gasteiger partial charge in [-0.3, -0.25) is 0 Å². The molecule has 0 spiro atoms. The molecule has 5 nitrogen and oxygen atoms in total. The van der Waals surface area contributed by atoms with Gasteiger partial charge in [-0.25, -0.2) is 12.7 Å². The zero-order valence-electron chi connectivity index (χ0n) is 11.5. The SMILES string of the molecule is COCCCS(=O)(=O)N(C)Cc1cccc(CN)c1. The second kappa shape index (κ2) is 7.59. The summed E-state index contributed by atoms with van der Waals surface area (Å²) in [4.78, 5) is 0. The van der Waals surface area contributed by atoms with E-state index < -0.39 is 10.0 Å². The largest absolute Gasteiger partial charge is 0.385 e. The summed E-state index contributed by atoms with van der Waals surface area (Å²) in [6.07, 6.45) is 0.506. The van der Waals surface area contributed by atoms with Gasteiger partial charge in [-0.1, -0.05) is 24.3 Å². The molecule has 6 heteroatoms. The number of rotatable bonds is 8. The molecule has 0 atom stereocenters. The van der Waals surface area contributed by atoms with Gasteiger partial charge in [0.2, 0.25) is 10.0 Å². The van der Waals surface area contributed by atoms with Gasteiger partial charge in [0.15, 0.2) is 0 Å². The Bertz CT molecular complexity index is 488. The van der Waals surface area contributed by atoms with Crippen molar-refractivity contribution < 1.29 is 13.2 Å². The van der Waals surface area contributed by atoms with Crippen LogP contribution in [-0.2, 0) is 27.8 Å². The van der Waals surface area contributed by atoms with Gasteiger partial charge in [0, 0.05) is 33.9 Å². The second-order valence-electron chi connectivity index (χ2n) is 4.44. The fraction of sp³-hybridized carbons (Fsp3) is 0.538. The van der Waals surface area contributed by atoms with E-state index in [1.54, 1.807) is 14.2 Å². The molecule has 0 saturated heterocycles. The van der Waals surface area contributed by atoms with Gasteiger partial charge in [-0.15, -0.1) is 0 Å². The van der Waals surface area contributed by atoms with E-state index in [-0.39, 0.29) is 5.75 Å². The van der Waals surface area contributed by atoms with Gasteiger partial charge >= 0.3 is 0 Å². The molecule has 0 aliphatic carbocycles. The molecular weight excluding hydrogens is 264 g/mol. The van der Waals surface area contributed by atoms with Gasteiger partial charge in [-0.05, 0) is 17.5 Å². The zero-order valence-corrected chi connectivity index (χ0v) is 12.3. The molecule has 108 valence electrons. The number of sulfonamides is 1. The molecule has 1 rings (SSSR count). The summed E-state index contributed by atoms with van der Waals surface area (Å²) < 4.78 is 30.3. The number of hydrogen-bond donors (Lipinski definition) is 1. The first-order valence-electron chi connectivity index (χ1n) is 6.20. The summed E-state index contributed by atoms with van der Waals surface area (Å²) in [6, 6.07) is 7.65. The minimum Gasteiger partial charge on any atom is -0.385 e. The molecule has 0 unspecified atom stereocenters. The predicted molar refractivity (Wildman–Crippen MR) is 76.1 cm³/mol. The lowest BCUT2D eigenvalue weighted by Gasteiger charge is -2.17. The average molecular weight is 286 g/mol. The summed E-state index contributed by atoms with van der Waals surface area (Å²) in [5.41, 5.74) is 7.52. The summed E-state index contributed by atoms with van der Waals surface area (Å²) in [6.45, 7) is 1.27. The summed E-state index contributed by atoms with van der Waals surface area (Å²) >= 11 is 0. The molecule has 19 heavy (non-hydrogen) atoms. The molecule has 2 N–H and O–H groups in total. The van der Waals surface area contributed by atoms with E-state index in [1.165, 1.54) is 4.31 Å². The van der Waals surface area contributed by atoms with Crippen molar-refractivity contribution in [2.24, 2.45) is 5.73 Å². The van der Waals surface area contributed by atoms with E-state index in [4.69, 9.17) is 10.5 Å². The fourth-order valence-corrected chi connectivity index (χ4v) is 2.89. The predicted octanol–water partition coefficient (Wildman–Crippen LogP) is 0.943. The number of nitrogens with zero attached hydrogens (tertiary/aromatic N) is 1. The first-order chi connectivity index (χ1) is 8.99. The molecule has 0 bridgehead atoms. The Morgan fingerprint density at radius 3 is 2.63 bits per heavy atom. The lowest BCUT2D eigenvalue weighted by atomic mass is 10.1. The third-order valence-electron chi connectivity index (χ3n) is 2.86. The first kappa shape index (κ1) is 16.1. The van der Waals surface area contributed by atoms with Crippen molar-refractivity contribution in [3.8, 4) is 0 Å². The summed E-state index contributed by atoms with van der Waals surface area (Å²) in [7, 11) is -0.0696. The Morgan fingerprint density at radius 2 is 2.00 bits per heavy atom. The molecule has 0 aliphatic heterocycles. The van der Waals surface area contributed by atoms with E-state index >= 15 is 0 Å². The van der Waals surface area contributed by atoms with E-state index in [0.29, 0.717) is 26.1 Å². The van der Waals surface area contributed by atoms with Crippen LogP contribution in [0.1, 0.15) is 17.5 Å². The van der Waals surface area contributed by atoms with Crippen molar-refractivity contribution in [3.63, 3.8) is 0 Å². The minimum atomic E-state index is -3.23. The number of benzene rings is 1. The number of methoxy groups -OCH3 is 1. The fourth-order valence-electron chi connectivity index (χ4n) is 1.75. The van der Waals surface area contributed by atoms with E-state index in [1.807, 2.05) is 24.3 Å². The van der Waals surface area contributed by atoms with E-state index in [9.17, 15) is 8.42 Å². The number of nitrogens with two attached hydrogens (primary N) is 1. The highest BCUT2D eigenvalue weighted by molar-refractivity contribution is 7.89. The quantitative estimate of drug-likeness (QED) is 0.722. The number of hydrogen-bond acceptors (Lipinski definition) is 4. The van der Waals surface area contributed by atoms with Crippen molar-refractivity contribution in [1.82, 2.24) is 4.31 Å². The normalized spacial score (nSPS) is 12.0. The van der Waals surface area contributed by atoms with E-state index in [2.05, 4.69) is 0 Å². The van der Waals surface area contributed by atoms with Crippen LogP contribution in [0.3, 0.4) is 0 Å². The number of ether oxygens (including phenoxy) is 1. The van der Waals surface area contributed by atoms with Crippen LogP contribution in [0, 0.1) is 0 Å². The smallest absolute Gasteiger partial charge is 0.214 e. The Balaban J connectivity index is 2.64. The highest BCUT2D eigenvalue weighted by atomic mass is 32.2. The topological polar surface area (TPSA) is 72.6 Å². The standard InChI is InChI=1S/C13H22N2O3S/c1-15(19(16,17)8-4-7-18-2)11-13-6-3-5-12(9-13)10-14/h3,5-6,9H,4,7-8,10-11,14H2,1-2H3. The third-order valence-corrected chi connectivity index (χ3v) is 4.74. The zero-order chi connectivity index (χ0) is 14.3. The van der Waals surface area contributed by atoms with Crippen molar-refractivity contribution in [3.05, 3.63) is 35.4 Å². The van der Waals surface area contributed by atoms with E-state index in [0.717, 1.165) is 11.1 Å². The molecule has 1 aromatic rings. The van der Waals surface area contributed by atoms with Crippen LogP contribution in [0.5, 0.6) is 0 Å². The molecule has 0 aromatic heterocycles. The molecule has 1 aromatic carbocycles. The van der Waals surface area contributed by atoms with Crippen LogP contribution in [-0.4, -0.2) is 39.2 Å². The van der Waals surface area contributed by atoms with Gasteiger partial charge in [0.1, 0.15) is 0 Å². The van der Waals surface area contributed by atoms with Crippen LogP contribution in [0.15, 0.2) is 24.3 Å². The maximum Gasteiger partial charge on any atom is 0.214 e. The molecule has 0 heterocycles. The molecule has 0 radical (unpaired) electrons. The Hall–Kier alpha value is -0.950. The van der Waals surface area contributed by atoms with Gasteiger partial charge in [-0.2, -0.15) is 0 Å². The molecule has 0 fully saturated rings. The van der Waals surface area contributed by atoms with Crippen molar-refractivity contribution >= 4 is 10.0 Å². The van der Waals surface area contributed by atoms with Gasteiger partial charge in [0.05, 0.1) is 5.75 Å². The average Bonchev–Trinajstić information content (AvgIpc) is 2.39. The van der Waals surface area contributed by atoms with Crippen LogP contribution >= 0.6 is 0 Å². The van der Waals surface area contributed by atoms with Crippen LogP contribution < -0.4 is 5.73 Å². The lowest BCUT2D eigenvalue weighted by Crippen LogP contribution is -2.29. The highest BCUT2D eigenvalue weighted by Gasteiger charge is 2.17. The monoisotopic (exact) mass is 286 g/mol. The summed E-state index contributed by atoms with van der Waals surface area (Å²) in [5, 5.41) is 0. The first-order valence-corrected chi connectivity index (χ1v) is 7.81. The maximum atomic E-state index is 12.0. The van der Waals surface area contributed by atoms with Crippen LogP contribution in [0.2, 0.25) is 0 Å². The Morgan fingerprint density at radius 1 is 1.32 bits per heavy atom.